The fraction of sp³-hybridized carbons (Fsp3) is 0.500. The highest BCUT2D eigenvalue weighted by atomic mass is 35.5. The minimum absolute atomic E-state index is 0. The van der Waals surface area contributed by atoms with Crippen molar-refractivity contribution in [2.24, 2.45) is 0 Å². The van der Waals surface area contributed by atoms with Gasteiger partial charge in [-0.05, 0) is 44.0 Å². The number of amides is 1. The van der Waals surface area contributed by atoms with E-state index >= 15 is 0 Å². The molecule has 0 aromatic heterocycles. The zero-order valence-corrected chi connectivity index (χ0v) is 16.6. The van der Waals surface area contributed by atoms with Gasteiger partial charge in [0.1, 0.15) is 6.04 Å². The van der Waals surface area contributed by atoms with Gasteiger partial charge in [0, 0.05) is 19.8 Å². The quantitative estimate of drug-likeness (QED) is 0.735. The highest BCUT2D eigenvalue weighted by Crippen LogP contribution is 2.23. The second-order valence-corrected chi connectivity index (χ2v) is 8.40. The van der Waals surface area contributed by atoms with E-state index in [0.717, 1.165) is 10.7 Å². The van der Waals surface area contributed by atoms with Crippen LogP contribution in [-0.2, 0) is 19.6 Å². The zero-order chi connectivity index (χ0) is 18.8. The molecular weight excluding hydrogens is 382 g/mol. The number of halogens is 1. The highest BCUT2D eigenvalue weighted by Gasteiger charge is 2.31. The van der Waals surface area contributed by atoms with Crippen LogP contribution >= 0.6 is 12.4 Å². The van der Waals surface area contributed by atoms with Crippen LogP contribution in [0.4, 0.5) is 5.69 Å². The highest BCUT2D eigenvalue weighted by molar-refractivity contribution is 7.89. The summed E-state index contributed by atoms with van der Waals surface area (Å²) in [5, 5.41) is 11.8. The van der Waals surface area contributed by atoms with E-state index in [9.17, 15) is 18.0 Å². The molecule has 2 rings (SSSR count). The molecule has 0 radical (unpaired) electrons. The largest absolute Gasteiger partial charge is 0.480 e. The number of sulfonamides is 1. The second-order valence-electron chi connectivity index (χ2n) is 6.28. The fourth-order valence-corrected chi connectivity index (χ4v) is 3.98. The molecule has 2 N–H and O–H groups in total. The van der Waals surface area contributed by atoms with Crippen molar-refractivity contribution in [2.75, 3.05) is 32.5 Å². The molecule has 1 aliphatic heterocycles. The Morgan fingerprint density at radius 2 is 2.00 bits per heavy atom. The summed E-state index contributed by atoms with van der Waals surface area (Å²) in [5.41, 5.74) is 0.944. The Kier molecular flexibility index (Phi) is 7.57. The number of nitrogens with zero attached hydrogens (tertiary/aromatic N) is 2. The predicted molar refractivity (Wildman–Crippen MR) is 100 cm³/mol. The fourth-order valence-electron chi connectivity index (χ4n) is 2.83. The van der Waals surface area contributed by atoms with Gasteiger partial charge >= 0.3 is 5.97 Å². The molecule has 1 aliphatic rings. The molecule has 146 valence electrons. The molecule has 1 aromatic rings. The first kappa shape index (κ1) is 22.4. The van der Waals surface area contributed by atoms with E-state index in [4.69, 9.17) is 5.11 Å². The SMILES string of the molecule is Cc1ccc(NC(=O)CN2CCCC2C(=O)O)cc1S(=O)(=O)N(C)C.Cl. The number of rotatable bonds is 6. The van der Waals surface area contributed by atoms with Gasteiger partial charge < -0.3 is 10.4 Å². The number of benzene rings is 1. The monoisotopic (exact) mass is 405 g/mol. The summed E-state index contributed by atoms with van der Waals surface area (Å²) in [7, 11) is -0.727. The summed E-state index contributed by atoms with van der Waals surface area (Å²) in [6, 6.07) is 4.03. The Morgan fingerprint density at radius 1 is 1.35 bits per heavy atom. The predicted octanol–water partition coefficient (Wildman–Crippen LogP) is 1.15. The molecule has 1 unspecified atom stereocenters. The average molecular weight is 406 g/mol. The number of carbonyl (C=O) groups is 2. The topological polar surface area (TPSA) is 107 Å². The molecule has 0 saturated carbocycles. The molecule has 26 heavy (non-hydrogen) atoms. The van der Waals surface area contributed by atoms with E-state index in [1.54, 1.807) is 24.0 Å². The summed E-state index contributed by atoms with van der Waals surface area (Å²) in [4.78, 5) is 25.1. The number of aliphatic carboxylic acids is 1. The number of likely N-dealkylation sites (tertiary alicyclic amines) is 1. The molecule has 8 nitrogen and oxygen atoms in total. The molecule has 1 fully saturated rings. The molecule has 1 amide bonds. The van der Waals surface area contributed by atoms with Crippen LogP contribution in [0, 0.1) is 6.92 Å². The number of aryl methyl sites for hydroxylation is 1. The first-order valence-electron chi connectivity index (χ1n) is 7.93. The van der Waals surface area contributed by atoms with E-state index in [1.807, 2.05) is 0 Å². The van der Waals surface area contributed by atoms with Crippen LogP contribution in [-0.4, -0.2) is 67.8 Å². The van der Waals surface area contributed by atoms with Crippen molar-refractivity contribution in [2.45, 2.75) is 30.7 Å². The minimum atomic E-state index is -3.61. The van der Waals surface area contributed by atoms with Crippen LogP contribution < -0.4 is 5.32 Å². The summed E-state index contributed by atoms with van der Waals surface area (Å²) < 4.78 is 25.8. The molecule has 1 saturated heterocycles. The average Bonchev–Trinajstić information content (AvgIpc) is 2.97. The molecule has 10 heteroatoms. The van der Waals surface area contributed by atoms with Gasteiger partial charge in [-0.15, -0.1) is 12.4 Å². The third-order valence-corrected chi connectivity index (χ3v) is 6.18. The maximum Gasteiger partial charge on any atom is 0.320 e. The van der Waals surface area contributed by atoms with Crippen LogP contribution in [0.25, 0.3) is 0 Å². The van der Waals surface area contributed by atoms with Gasteiger partial charge in [-0.2, -0.15) is 0 Å². The summed E-state index contributed by atoms with van der Waals surface area (Å²) >= 11 is 0. The lowest BCUT2D eigenvalue weighted by molar-refractivity contribution is -0.142. The Labute approximate surface area is 159 Å². The molecular formula is C16H24ClN3O5S. The Bertz CT molecular complexity index is 782. The number of carbonyl (C=O) groups excluding carboxylic acids is 1. The molecule has 1 heterocycles. The minimum Gasteiger partial charge on any atom is -0.480 e. The Morgan fingerprint density at radius 3 is 2.58 bits per heavy atom. The Balaban J connectivity index is 0.00000338. The van der Waals surface area contributed by atoms with Crippen molar-refractivity contribution in [3.05, 3.63) is 23.8 Å². The lowest BCUT2D eigenvalue weighted by atomic mass is 10.2. The first-order chi connectivity index (χ1) is 11.6. The lowest BCUT2D eigenvalue weighted by Gasteiger charge is -2.20. The van der Waals surface area contributed by atoms with Gasteiger partial charge in [-0.3, -0.25) is 14.5 Å². The zero-order valence-electron chi connectivity index (χ0n) is 14.9. The number of carboxylic acid groups (broad SMARTS) is 1. The number of hydrogen-bond donors (Lipinski definition) is 2. The maximum absolute atomic E-state index is 12.3. The standard InChI is InChI=1S/C16H23N3O5S.ClH/c1-11-6-7-12(9-14(11)25(23,24)18(2)3)17-15(20)10-19-8-4-5-13(19)16(21)22;/h6-7,9,13H,4-5,8,10H2,1-3H3,(H,17,20)(H,21,22);1H. The van der Waals surface area contributed by atoms with Crippen LogP contribution in [0.1, 0.15) is 18.4 Å². The van der Waals surface area contributed by atoms with Crippen molar-refractivity contribution in [3.63, 3.8) is 0 Å². The van der Waals surface area contributed by atoms with Gasteiger partial charge in [0.2, 0.25) is 15.9 Å². The van der Waals surface area contributed by atoms with Crippen molar-refractivity contribution >= 4 is 40.0 Å². The van der Waals surface area contributed by atoms with E-state index in [0.29, 0.717) is 24.2 Å². The third-order valence-electron chi connectivity index (χ3n) is 4.23. The van der Waals surface area contributed by atoms with E-state index < -0.39 is 22.0 Å². The van der Waals surface area contributed by atoms with Crippen LogP contribution in [0.5, 0.6) is 0 Å². The molecule has 0 spiro atoms. The number of anilines is 1. The molecule has 1 aromatic carbocycles. The summed E-state index contributed by atoms with van der Waals surface area (Å²) in [6.45, 7) is 2.20. The maximum atomic E-state index is 12.3. The molecule has 0 aliphatic carbocycles. The number of hydrogen-bond acceptors (Lipinski definition) is 5. The van der Waals surface area contributed by atoms with Gasteiger partial charge in [0.05, 0.1) is 11.4 Å². The van der Waals surface area contributed by atoms with Crippen LogP contribution in [0.15, 0.2) is 23.1 Å². The Hall–Kier alpha value is -1.68. The number of carboxylic acids is 1. The second kappa shape index (κ2) is 8.81. The summed E-state index contributed by atoms with van der Waals surface area (Å²) in [5.74, 6) is -1.30. The van der Waals surface area contributed by atoms with Crippen molar-refractivity contribution < 1.29 is 23.1 Å². The van der Waals surface area contributed by atoms with Crippen molar-refractivity contribution in [1.29, 1.82) is 0 Å². The first-order valence-corrected chi connectivity index (χ1v) is 9.37. The smallest absolute Gasteiger partial charge is 0.320 e. The molecule has 0 bridgehead atoms. The van der Waals surface area contributed by atoms with E-state index in [-0.39, 0.29) is 29.8 Å². The van der Waals surface area contributed by atoms with Gasteiger partial charge in [0.15, 0.2) is 0 Å². The van der Waals surface area contributed by atoms with Crippen LogP contribution in [0.3, 0.4) is 0 Å². The normalized spacial score (nSPS) is 17.8. The van der Waals surface area contributed by atoms with Gasteiger partial charge in [-0.1, -0.05) is 6.07 Å². The molecule has 1 atom stereocenters. The van der Waals surface area contributed by atoms with E-state index in [2.05, 4.69) is 5.32 Å². The number of nitrogens with one attached hydrogen (secondary N) is 1. The van der Waals surface area contributed by atoms with Crippen LogP contribution in [0.2, 0.25) is 0 Å². The lowest BCUT2D eigenvalue weighted by Crippen LogP contribution is -2.40. The van der Waals surface area contributed by atoms with E-state index in [1.165, 1.54) is 20.2 Å². The summed E-state index contributed by atoms with van der Waals surface area (Å²) in [6.07, 6.45) is 1.26. The van der Waals surface area contributed by atoms with Gasteiger partial charge in [0.25, 0.3) is 0 Å². The van der Waals surface area contributed by atoms with Crippen molar-refractivity contribution in [3.8, 4) is 0 Å². The van der Waals surface area contributed by atoms with Gasteiger partial charge in [-0.25, -0.2) is 12.7 Å². The van der Waals surface area contributed by atoms with Crippen molar-refractivity contribution in [1.82, 2.24) is 9.21 Å². The third kappa shape index (κ3) is 4.94.